The summed E-state index contributed by atoms with van der Waals surface area (Å²) in [5.41, 5.74) is 0.958. The Morgan fingerprint density at radius 2 is 1.27 bits per heavy atom. The van der Waals surface area contributed by atoms with Crippen molar-refractivity contribution in [3.05, 3.63) is 34.3 Å². The molecule has 2 nitrogen and oxygen atoms in total. The highest BCUT2D eigenvalue weighted by Gasteiger charge is 2.12. The van der Waals surface area contributed by atoms with Crippen LogP contribution in [0, 0.1) is 0 Å². The third-order valence-corrected chi connectivity index (χ3v) is 6.47. The fraction of sp³-hybridized carbons (Fsp3) is 0.615. The van der Waals surface area contributed by atoms with Crippen molar-refractivity contribution >= 4 is 39.7 Å². The van der Waals surface area contributed by atoms with Crippen LogP contribution >= 0.6 is 23.2 Å². The summed E-state index contributed by atoms with van der Waals surface area (Å²) in [6, 6.07) is 7.38. The first-order valence-corrected chi connectivity index (χ1v) is 12.7. The molecule has 2 aromatic rings. The Labute approximate surface area is 193 Å². The van der Waals surface area contributed by atoms with Crippen molar-refractivity contribution in [2.75, 3.05) is 11.9 Å². The summed E-state index contributed by atoms with van der Waals surface area (Å²) in [4.78, 5) is 0. The van der Waals surface area contributed by atoms with Gasteiger partial charge in [0.15, 0.2) is 0 Å². The van der Waals surface area contributed by atoms with Crippen LogP contribution in [-0.4, -0.2) is 11.7 Å². The lowest BCUT2D eigenvalue weighted by molar-refractivity contribution is 0.482. The van der Waals surface area contributed by atoms with Crippen molar-refractivity contribution in [1.82, 2.24) is 0 Å². The first-order valence-electron chi connectivity index (χ1n) is 12.0. The molecule has 0 bridgehead atoms. The van der Waals surface area contributed by atoms with E-state index in [2.05, 4.69) is 12.2 Å². The zero-order valence-corrected chi connectivity index (χ0v) is 20.1. The van der Waals surface area contributed by atoms with Crippen LogP contribution in [0.4, 0.5) is 5.69 Å². The fourth-order valence-electron chi connectivity index (χ4n) is 4.08. The van der Waals surface area contributed by atoms with Crippen molar-refractivity contribution in [1.29, 1.82) is 0 Å². The van der Waals surface area contributed by atoms with E-state index >= 15 is 0 Å². The highest BCUT2D eigenvalue weighted by molar-refractivity contribution is 6.40. The number of fused-ring (bicyclic) bond motifs is 1. The van der Waals surface area contributed by atoms with Gasteiger partial charge >= 0.3 is 0 Å². The lowest BCUT2D eigenvalue weighted by Crippen LogP contribution is -2.02. The molecule has 0 aliphatic carbocycles. The standard InChI is InChI=1S/C26H39Cl2NO/c1-2-3-4-5-6-7-8-9-10-11-12-13-14-15-19-29-24-18-16-17-21-25(24)22(27)20-23(28)26(21)30/h16-18,20,29-30H,2-15,19H2,1H3. The number of unbranched alkanes of at least 4 members (excludes halogenated alkanes) is 13. The van der Waals surface area contributed by atoms with Gasteiger partial charge in [-0.1, -0.05) is 126 Å². The summed E-state index contributed by atoms with van der Waals surface area (Å²) in [7, 11) is 0. The van der Waals surface area contributed by atoms with Gasteiger partial charge in [-0.25, -0.2) is 0 Å². The number of phenols is 1. The smallest absolute Gasteiger partial charge is 0.142 e. The molecular formula is C26H39Cl2NO. The summed E-state index contributed by atoms with van der Waals surface area (Å²) in [6.07, 6.45) is 19.1. The number of anilines is 1. The number of phenolic OH excluding ortho intramolecular Hbond substituents is 1. The number of benzene rings is 2. The molecule has 4 heteroatoms. The number of hydrogen-bond acceptors (Lipinski definition) is 2. The molecule has 0 spiro atoms. The molecule has 0 heterocycles. The van der Waals surface area contributed by atoms with Gasteiger partial charge in [-0.05, 0) is 18.6 Å². The van der Waals surface area contributed by atoms with Gasteiger partial charge in [0.1, 0.15) is 5.75 Å². The van der Waals surface area contributed by atoms with E-state index in [1.807, 2.05) is 18.2 Å². The van der Waals surface area contributed by atoms with Crippen molar-refractivity contribution < 1.29 is 5.11 Å². The first-order chi connectivity index (χ1) is 14.6. The van der Waals surface area contributed by atoms with Crippen LogP contribution in [0.15, 0.2) is 24.3 Å². The predicted octanol–water partition coefficient (Wildman–Crippen LogP) is 9.75. The van der Waals surface area contributed by atoms with Gasteiger partial charge in [0.2, 0.25) is 0 Å². The maximum absolute atomic E-state index is 10.2. The number of rotatable bonds is 16. The third-order valence-electron chi connectivity index (χ3n) is 5.88. The molecule has 2 rings (SSSR count). The maximum Gasteiger partial charge on any atom is 0.142 e. The maximum atomic E-state index is 10.2. The van der Waals surface area contributed by atoms with Gasteiger partial charge in [0.05, 0.1) is 10.0 Å². The second-order valence-corrected chi connectivity index (χ2v) is 9.25. The Morgan fingerprint density at radius 1 is 0.733 bits per heavy atom. The van der Waals surface area contributed by atoms with Gasteiger partial charge in [-0.2, -0.15) is 0 Å². The quantitative estimate of drug-likeness (QED) is 0.248. The molecule has 0 aliphatic rings. The molecular weight excluding hydrogens is 413 g/mol. The van der Waals surface area contributed by atoms with Crippen molar-refractivity contribution in [3.8, 4) is 5.75 Å². The molecule has 0 unspecified atom stereocenters. The number of hydrogen-bond donors (Lipinski definition) is 2. The van der Waals surface area contributed by atoms with E-state index in [1.54, 1.807) is 6.07 Å². The minimum Gasteiger partial charge on any atom is -0.506 e. The number of halogens is 2. The van der Waals surface area contributed by atoms with Gasteiger partial charge < -0.3 is 10.4 Å². The topological polar surface area (TPSA) is 32.3 Å². The van der Waals surface area contributed by atoms with Crippen LogP contribution in [0.1, 0.15) is 96.8 Å². The molecule has 0 atom stereocenters. The number of aromatic hydroxyl groups is 1. The highest BCUT2D eigenvalue weighted by atomic mass is 35.5. The molecule has 2 aromatic carbocycles. The SMILES string of the molecule is CCCCCCCCCCCCCCCCNc1cccc2c(O)c(Cl)cc(Cl)c12. The van der Waals surface area contributed by atoms with Crippen LogP contribution in [0.3, 0.4) is 0 Å². The molecule has 0 aromatic heterocycles. The number of nitrogens with one attached hydrogen (secondary N) is 1. The summed E-state index contributed by atoms with van der Waals surface area (Å²) in [6.45, 7) is 3.19. The Hall–Kier alpha value is -1.12. The van der Waals surface area contributed by atoms with Crippen molar-refractivity contribution in [2.24, 2.45) is 0 Å². The van der Waals surface area contributed by atoms with E-state index in [1.165, 1.54) is 83.5 Å². The van der Waals surface area contributed by atoms with Gasteiger partial charge in [-0.3, -0.25) is 0 Å². The van der Waals surface area contributed by atoms with E-state index in [0.717, 1.165) is 24.0 Å². The second kappa shape index (κ2) is 14.8. The van der Waals surface area contributed by atoms with E-state index in [0.29, 0.717) is 10.4 Å². The van der Waals surface area contributed by atoms with Gasteiger partial charge in [-0.15, -0.1) is 0 Å². The Balaban J connectivity index is 1.53. The Kier molecular flexibility index (Phi) is 12.4. The summed E-state index contributed by atoms with van der Waals surface area (Å²) < 4.78 is 0. The zero-order valence-electron chi connectivity index (χ0n) is 18.6. The molecule has 0 amide bonds. The average molecular weight is 453 g/mol. The van der Waals surface area contributed by atoms with E-state index in [4.69, 9.17) is 23.2 Å². The third kappa shape index (κ3) is 8.55. The van der Waals surface area contributed by atoms with Crippen molar-refractivity contribution in [2.45, 2.75) is 96.8 Å². The molecule has 168 valence electrons. The molecule has 0 saturated heterocycles. The molecule has 2 N–H and O–H groups in total. The second-order valence-electron chi connectivity index (χ2n) is 8.44. The average Bonchev–Trinajstić information content (AvgIpc) is 2.74. The first kappa shape index (κ1) is 25.1. The molecule has 0 saturated carbocycles. The highest BCUT2D eigenvalue weighted by Crippen LogP contribution is 2.40. The predicted molar refractivity (Wildman–Crippen MR) is 134 cm³/mol. The summed E-state index contributed by atoms with van der Waals surface area (Å²) in [5, 5.41) is 16.1. The van der Waals surface area contributed by atoms with E-state index in [9.17, 15) is 5.11 Å². The van der Waals surface area contributed by atoms with Crippen molar-refractivity contribution in [3.63, 3.8) is 0 Å². The van der Waals surface area contributed by atoms with E-state index < -0.39 is 0 Å². The summed E-state index contributed by atoms with van der Waals surface area (Å²) in [5.74, 6) is 0.0937. The van der Waals surface area contributed by atoms with Gasteiger partial charge in [0.25, 0.3) is 0 Å². The Morgan fingerprint density at radius 3 is 1.83 bits per heavy atom. The van der Waals surface area contributed by atoms with E-state index in [-0.39, 0.29) is 10.8 Å². The summed E-state index contributed by atoms with van der Waals surface area (Å²) >= 11 is 12.4. The minimum absolute atomic E-state index is 0.0937. The minimum atomic E-state index is 0.0937. The van der Waals surface area contributed by atoms with Crippen LogP contribution < -0.4 is 5.32 Å². The molecule has 0 radical (unpaired) electrons. The zero-order chi connectivity index (χ0) is 21.6. The largest absolute Gasteiger partial charge is 0.506 e. The fourth-order valence-corrected chi connectivity index (χ4v) is 4.66. The molecule has 0 aliphatic heterocycles. The normalized spacial score (nSPS) is 11.3. The lowest BCUT2D eigenvalue weighted by atomic mass is 10.0. The van der Waals surface area contributed by atoms with Crippen LogP contribution in [0.5, 0.6) is 5.75 Å². The molecule has 30 heavy (non-hydrogen) atoms. The Bertz CT molecular complexity index is 747. The lowest BCUT2D eigenvalue weighted by Gasteiger charge is -2.13. The van der Waals surface area contributed by atoms with Crippen LogP contribution in [0.25, 0.3) is 10.8 Å². The van der Waals surface area contributed by atoms with Crippen LogP contribution in [0.2, 0.25) is 10.0 Å². The van der Waals surface area contributed by atoms with Gasteiger partial charge in [0, 0.05) is 23.0 Å². The monoisotopic (exact) mass is 451 g/mol. The molecule has 0 fully saturated rings. The van der Waals surface area contributed by atoms with Crippen LogP contribution in [-0.2, 0) is 0 Å².